The quantitative estimate of drug-likeness (QED) is 0.757. The van der Waals surface area contributed by atoms with Crippen molar-refractivity contribution in [3.63, 3.8) is 0 Å². The van der Waals surface area contributed by atoms with E-state index in [9.17, 15) is 13.7 Å². The number of pyridine rings is 1. The Morgan fingerprint density at radius 3 is 2.92 bits per heavy atom. The first kappa shape index (κ1) is 16.4. The third kappa shape index (κ3) is 2.85. The van der Waals surface area contributed by atoms with Crippen molar-refractivity contribution >= 4 is 21.4 Å². The van der Waals surface area contributed by atoms with Gasteiger partial charge in [0.25, 0.3) is 10.0 Å². The summed E-state index contributed by atoms with van der Waals surface area (Å²) in [6, 6.07) is 8.72. The smallest absolute Gasteiger partial charge is 0.268 e. The summed E-state index contributed by atoms with van der Waals surface area (Å²) in [5.74, 6) is 0. The van der Waals surface area contributed by atoms with Gasteiger partial charge >= 0.3 is 0 Å². The Kier molecular flexibility index (Phi) is 4.49. The molecule has 0 atom stereocenters. The molecule has 0 radical (unpaired) electrons. The highest BCUT2D eigenvalue weighted by Crippen LogP contribution is 2.29. The van der Waals surface area contributed by atoms with E-state index in [2.05, 4.69) is 10.3 Å². The Balaban J connectivity index is 2.25. The molecular formula is C16H14N4O2S2. The number of nitriles is 1. The number of aromatic nitrogens is 2. The molecule has 3 aromatic heterocycles. The van der Waals surface area contributed by atoms with Crippen molar-refractivity contribution in [3.8, 4) is 17.3 Å². The Labute approximate surface area is 144 Å². The molecule has 3 rings (SSSR count). The summed E-state index contributed by atoms with van der Waals surface area (Å²) < 4.78 is 27.1. The first-order valence-corrected chi connectivity index (χ1v) is 9.45. The Bertz CT molecular complexity index is 999. The zero-order valence-electron chi connectivity index (χ0n) is 12.8. The second-order valence-electron chi connectivity index (χ2n) is 5.04. The number of nitrogens with zero attached hydrogens (tertiary/aromatic N) is 3. The minimum Gasteiger partial charge on any atom is -0.316 e. The van der Waals surface area contributed by atoms with Gasteiger partial charge in [-0.15, -0.1) is 0 Å². The van der Waals surface area contributed by atoms with Crippen molar-refractivity contribution < 1.29 is 8.42 Å². The van der Waals surface area contributed by atoms with Crippen LogP contribution in [0.4, 0.5) is 0 Å². The zero-order chi connectivity index (χ0) is 17.2. The summed E-state index contributed by atoms with van der Waals surface area (Å²) in [6.07, 6.45) is 3.09. The molecule has 3 heterocycles. The molecule has 0 amide bonds. The minimum absolute atomic E-state index is 0.188. The van der Waals surface area contributed by atoms with Gasteiger partial charge in [-0.2, -0.15) is 16.6 Å². The van der Waals surface area contributed by atoms with Gasteiger partial charge in [-0.3, -0.25) is 0 Å². The van der Waals surface area contributed by atoms with E-state index in [1.165, 1.54) is 21.5 Å². The lowest BCUT2D eigenvalue weighted by atomic mass is 10.1. The molecule has 0 aliphatic rings. The van der Waals surface area contributed by atoms with Crippen molar-refractivity contribution in [3.05, 3.63) is 58.7 Å². The Morgan fingerprint density at radius 2 is 2.25 bits per heavy atom. The van der Waals surface area contributed by atoms with E-state index in [1.54, 1.807) is 48.3 Å². The Hall–Kier alpha value is -2.47. The lowest BCUT2D eigenvalue weighted by molar-refractivity contribution is 0.588. The lowest BCUT2D eigenvalue weighted by Crippen LogP contribution is -2.13. The molecule has 0 saturated heterocycles. The van der Waals surface area contributed by atoms with Crippen LogP contribution in [0.15, 0.2) is 52.3 Å². The highest BCUT2D eigenvalue weighted by molar-refractivity contribution is 7.90. The molecule has 24 heavy (non-hydrogen) atoms. The van der Waals surface area contributed by atoms with Crippen LogP contribution in [0.2, 0.25) is 0 Å². The molecule has 6 nitrogen and oxygen atoms in total. The van der Waals surface area contributed by atoms with Gasteiger partial charge < -0.3 is 5.32 Å². The number of nitrogens with one attached hydrogen (secondary N) is 1. The van der Waals surface area contributed by atoms with Gasteiger partial charge in [-0.1, -0.05) is 0 Å². The second-order valence-corrected chi connectivity index (χ2v) is 7.63. The highest BCUT2D eigenvalue weighted by Gasteiger charge is 2.23. The maximum Gasteiger partial charge on any atom is 0.268 e. The fourth-order valence-electron chi connectivity index (χ4n) is 2.41. The van der Waals surface area contributed by atoms with E-state index in [4.69, 9.17) is 0 Å². The van der Waals surface area contributed by atoms with E-state index < -0.39 is 10.0 Å². The van der Waals surface area contributed by atoms with Gasteiger partial charge in [0.2, 0.25) is 0 Å². The molecule has 0 saturated carbocycles. The fraction of sp³-hybridized carbons (Fsp3) is 0.125. The third-order valence-electron chi connectivity index (χ3n) is 3.46. The maximum atomic E-state index is 13.0. The molecule has 0 unspecified atom stereocenters. The van der Waals surface area contributed by atoms with Crippen molar-refractivity contribution in [1.29, 1.82) is 5.26 Å². The molecule has 3 aromatic rings. The molecule has 122 valence electrons. The van der Waals surface area contributed by atoms with Crippen LogP contribution in [0, 0.1) is 11.3 Å². The summed E-state index contributed by atoms with van der Waals surface area (Å²) in [5, 5.41) is 15.6. The van der Waals surface area contributed by atoms with Gasteiger partial charge in [0.15, 0.2) is 0 Å². The average molecular weight is 358 g/mol. The molecule has 0 fully saturated rings. The molecule has 0 bridgehead atoms. The van der Waals surface area contributed by atoms with E-state index in [0.717, 1.165) is 5.56 Å². The molecule has 0 aliphatic carbocycles. The monoisotopic (exact) mass is 358 g/mol. The molecule has 8 heteroatoms. The Morgan fingerprint density at radius 1 is 1.42 bits per heavy atom. The van der Waals surface area contributed by atoms with Gasteiger partial charge in [0, 0.05) is 29.9 Å². The van der Waals surface area contributed by atoms with Gasteiger partial charge in [-0.05, 0) is 42.3 Å². The van der Waals surface area contributed by atoms with E-state index in [-0.39, 0.29) is 10.6 Å². The molecule has 0 aliphatic heterocycles. The predicted molar refractivity (Wildman–Crippen MR) is 92.0 cm³/mol. The molecule has 0 spiro atoms. The minimum atomic E-state index is -3.73. The van der Waals surface area contributed by atoms with Crippen LogP contribution in [0.1, 0.15) is 11.3 Å². The van der Waals surface area contributed by atoms with Crippen molar-refractivity contribution in [2.45, 2.75) is 11.4 Å². The summed E-state index contributed by atoms with van der Waals surface area (Å²) >= 11 is 1.32. The third-order valence-corrected chi connectivity index (χ3v) is 5.97. The van der Waals surface area contributed by atoms with Crippen LogP contribution in [0.25, 0.3) is 11.3 Å². The van der Waals surface area contributed by atoms with Crippen LogP contribution >= 0.6 is 11.3 Å². The second kappa shape index (κ2) is 6.57. The SMILES string of the molecule is CNCc1cc(-c2cccnc2C#N)n(S(=O)(=O)c2ccsc2)c1. The van der Waals surface area contributed by atoms with Crippen molar-refractivity contribution in [2.24, 2.45) is 0 Å². The predicted octanol–water partition coefficient (Wildman–Crippen LogP) is 2.44. The first-order valence-electron chi connectivity index (χ1n) is 7.07. The first-order chi connectivity index (χ1) is 11.6. The van der Waals surface area contributed by atoms with Crippen LogP contribution in [-0.2, 0) is 16.6 Å². The average Bonchev–Trinajstić information content (AvgIpc) is 3.25. The number of hydrogen-bond donors (Lipinski definition) is 1. The van der Waals surface area contributed by atoms with Crippen molar-refractivity contribution in [1.82, 2.24) is 14.3 Å². The van der Waals surface area contributed by atoms with Crippen LogP contribution in [-0.4, -0.2) is 24.4 Å². The number of thiophene rings is 1. The topological polar surface area (TPSA) is 87.8 Å². The molecule has 0 aromatic carbocycles. The van der Waals surface area contributed by atoms with Gasteiger partial charge in [-0.25, -0.2) is 17.4 Å². The fourth-order valence-corrected chi connectivity index (χ4v) is 4.81. The van der Waals surface area contributed by atoms with Crippen molar-refractivity contribution in [2.75, 3.05) is 7.05 Å². The largest absolute Gasteiger partial charge is 0.316 e. The number of rotatable bonds is 5. The maximum absolute atomic E-state index is 13.0. The summed E-state index contributed by atoms with van der Waals surface area (Å²) in [7, 11) is -1.95. The standard InChI is InChI=1S/C16H14N4O2S2/c1-18-9-12-7-16(14-3-2-5-19-15(14)8-17)20(10-12)24(21,22)13-4-6-23-11-13/h2-7,10-11,18H,9H2,1H3. The lowest BCUT2D eigenvalue weighted by Gasteiger charge is -2.10. The van der Waals surface area contributed by atoms with Gasteiger partial charge in [0.05, 0.1) is 10.6 Å². The van der Waals surface area contributed by atoms with Crippen LogP contribution in [0.5, 0.6) is 0 Å². The summed E-state index contributed by atoms with van der Waals surface area (Å²) in [4.78, 5) is 4.26. The molecular weight excluding hydrogens is 344 g/mol. The summed E-state index contributed by atoms with van der Waals surface area (Å²) in [6.45, 7) is 0.515. The van der Waals surface area contributed by atoms with E-state index in [1.807, 2.05) is 6.07 Å². The van der Waals surface area contributed by atoms with E-state index in [0.29, 0.717) is 17.8 Å². The number of hydrogen-bond acceptors (Lipinski definition) is 6. The summed E-state index contributed by atoms with van der Waals surface area (Å²) in [5.41, 5.74) is 1.91. The van der Waals surface area contributed by atoms with Gasteiger partial charge in [0.1, 0.15) is 11.8 Å². The molecule has 1 N–H and O–H groups in total. The van der Waals surface area contributed by atoms with E-state index >= 15 is 0 Å². The van der Waals surface area contributed by atoms with Crippen LogP contribution in [0.3, 0.4) is 0 Å². The highest BCUT2D eigenvalue weighted by atomic mass is 32.2. The normalized spacial score (nSPS) is 11.3. The zero-order valence-corrected chi connectivity index (χ0v) is 14.4. The van der Waals surface area contributed by atoms with Crippen LogP contribution < -0.4 is 5.32 Å².